The average molecular weight is 352 g/mol. The van der Waals surface area contributed by atoms with Crippen LogP contribution >= 0.6 is 0 Å². The molecule has 0 aromatic carbocycles. The van der Waals surface area contributed by atoms with E-state index >= 15 is 0 Å². The van der Waals surface area contributed by atoms with Gasteiger partial charge in [0.15, 0.2) is 0 Å². The largest absolute Gasteiger partial charge is 0.444 e. The van der Waals surface area contributed by atoms with E-state index in [1.165, 1.54) is 58.4 Å². The van der Waals surface area contributed by atoms with Crippen molar-refractivity contribution in [2.24, 2.45) is 11.3 Å². The quantitative estimate of drug-likeness (QED) is 0.830. The molecule has 3 heterocycles. The number of nitrogens with zero attached hydrogens (tertiary/aromatic N) is 2. The molecule has 0 aromatic rings. The predicted molar refractivity (Wildman–Crippen MR) is 101 cm³/mol. The van der Waals surface area contributed by atoms with Crippen molar-refractivity contribution in [3.63, 3.8) is 0 Å². The van der Waals surface area contributed by atoms with E-state index in [1.807, 2.05) is 25.7 Å². The molecule has 5 heteroatoms. The Kier molecular flexibility index (Phi) is 5.94. The SMILES string of the molecule is CC(C)(C)OC(=O)N1CCC2(CCN(CC3CCNCC3)CC2)CC1. The number of rotatable bonds is 2. The lowest BCUT2D eigenvalue weighted by Gasteiger charge is -2.47. The third-order valence-electron chi connectivity index (χ3n) is 6.37. The summed E-state index contributed by atoms with van der Waals surface area (Å²) in [6.07, 6.45) is 7.45. The third kappa shape index (κ3) is 5.33. The van der Waals surface area contributed by atoms with Gasteiger partial charge in [-0.1, -0.05) is 0 Å². The zero-order chi connectivity index (χ0) is 17.9. The standard InChI is InChI=1S/C20H37N3O2/c1-19(2,3)25-18(24)23-14-8-20(9-15-23)6-12-22(13-7-20)16-17-4-10-21-11-5-17/h17,21H,4-16H2,1-3H3. The lowest BCUT2D eigenvalue weighted by molar-refractivity contribution is -0.00405. The van der Waals surface area contributed by atoms with Crippen LogP contribution in [0.1, 0.15) is 59.3 Å². The maximum atomic E-state index is 12.2. The molecule has 5 nitrogen and oxygen atoms in total. The summed E-state index contributed by atoms with van der Waals surface area (Å²) in [7, 11) is 0. The van der Waals surface area contributed by atoms with Gasteiger partial charge in [0.05, 0.1) is 0 Å². The van der Waals surface area contributed by atoms with Crippen LogP contribution < -0.4 is 5.32 Å². The first kappa shape index (κ1) is 19.0. The van der Waals surface area contributed by atoms with Crippen molar-refractivity contribution in [1.29, 1.82) is 0 Å². The number of amides is 1. The Morgan fingerprint density at radius 1 is 1.04 bits per heavy atom. The van der Waals surface area contributed by atoms with E-state index in [9.17, 15) is 4.79 Å². The van der Waals surface area contributed by atoms with Gasteiger partial charge in [0.1, 0.15) is 5.60 Å². The van der Waals surface area contributed by atoms with Gasteiger partial charge in [-0.3, -0.25) is 0 Å². The van der Waals surface area contributed by atoms with Crippen LogP contribution in [0.15, 0.2) is 0 Å². The van der Waals surface area contributed by atoms with Gasteiger partial charge in [-0.25, -0.2) is 4.79 Å². The van der Waals surface area contributed by atoms with Crippen LogP contribution in [0.25, 0.3) is 0 Å². The smallest absolute Gasteiger partial charge is 0.410 e. The molecule has 0 bridgehead atoms. The van der Waals surface area contributed by atoms with Gasteiger partial charge in [-0.05, 0) is 96.8 Å². The van der Waals surface area contributed by atoms with Crippen LogP contribution in [-0.4, -0.2) is 67.3 Å². The number of carbonyl (C=O) groups is 1. The molecule has 3 fully saturated rings. The molecule has 0 saturated carbocycles. The molecule has 3 aliphatic heterocycles. The molecule has 1 N–H and O–H groups in total. The molecule has 1 spiro atoms. The van der Waals surface area contributed by atoms with Crippen LogP contribution in [0.3, 0.4) is 0 Å². The highest BCUT2D eigenvalue weighted by Gasteiger charge is 2.39. The summed E-state index contributed by atoms with van der Waals surface area (Å²) in [6.45, 7) is 13.7. The highest BCUT2D eigenvalue weighted by atomic mass is 16.6. The van der Waals surface area contributed by atoms with Crippen molar-refractivity contribution in [2.75, 3.05) is 45.8 Å². The molecule has 0 aliphatic carbocycles. The first-order valence-corrected chi connectivity index (χ1v) is 10.3. The van der Waals surface area contributed by atoms with E-state index in [0.717, 1.165) is 31.8 Å². The number of likely N-dealkylation sites (tertiary alicyclic amines) is 2. The summed E-state index contributed by atoms with van der Waals surface area (Å²) in [4.78, 5) is 16.9. The zero-order valence-electron chi connectivity index (χ0n) is 16.5. The van der Waals surface area contributed by atoms with Crippen molar-refractivity contribution in [1.82, 2.24) is 15.1 Å². The molecule has 0 radical (unpaired) electrons. The van der Waals surface area contributed by atoms with Gasteiger partial charge in [-0.2, -0.15) is 0 Å². The maximum Gasteiger partial charge on any atom is 0.410 e. The van der Waals surface area contributed by atoms with Gasteiger partial charge in [-0.15, -0.1) is 0 Å². The highest BCUT2D eigenvalue weighted by molar-refractivity contribution is 5.68. The Morgan fingerprint density at radius 2 is 1.60 bits per heavy atom. The van der Waals surface area contributed by atoms with Crippen molar-refractivity contribution < 1.29 is 9.53 Å². The molecule has 3 rings (SSSR count). The minimum atomic E-state index is -0.397. The zero-order valence-corrected chi connectivity index (χ0v) is 16.5. The Labute approximate surface area is 153 Å². The number of carbonyl (C=O) groups excluding carboxylic acids is 1. The molecule has 0 aromatic heterocycles. The fraction of sp³-hybridized carbons (Fsp3) is 0.950. The van der Waals surface area contributed by atoms with E-state index in [1.54, 1.807) is 0 Å². The summed E-state index contributed by atoms with van der Waals surface area (Å²) in [5, 5.41) is 3.46. The first-order chi connectivity index (χ1) is 11.9. The van der Waals surface area contributed by atoms with Crippen LogP contribution in [0.4, 0.5) is 4.79 Å². The van der Waals surface area contributed by atoms with E-state index in [2.05, 4.69) is 10.2 Å². The fourth-order valence-corrected chi connectivity index (χ4v) is 4.63. The van der Waals surface area contributed by atoms with Gasteiger partial charge < -0.3 is 19.9 Å². The number of nitrogens with one attached hydrogen (secondary N) is 1. The summed E-state index contributed by atoms with van der Waals surface area (Å²) in [5.41, 5.74) is 0.0787. The second-order valence-corrected chi connectivity index (χ2v) is 9.46. The third-order valence-corrected chi connectivity index (χ3v) is 6.37. The minimum Gasteiger partial charge on any atom is -0.444 e. The topological polar surface area (TPSA) is 44.8 Å². The molecule has 144 valence electrons. The van der Waals surface area contributed by atoms with Gasteiger partial charge >= 0.3 is 6.09 Å². The van der Waals surface area contributed by atoms with Crippen LogP contribution in [0, 0.1) is 11.3 Å². The molecular weight excluding hydrogens is 314 g/mol. The Hall–Kier alpha value is -0.810. The van der Waals surface area contributed by atoms with Crippen molar-refractivity contribution in [3.8, 4) is 0 Å². The number of piperidine rings is 3. The van der Waals surface area contributed by atoms with Crippen molar-refractivity contribution in [3.05, 3.63) is 0 Å². The lowest BCUT2D eigenvalue weighted by atomic mass is 9.71. The number of hydrogen-bond acceptors (Lipinski definition) is 4. The maximum absolute atomic E-state index is 12.2. The van der Waals surface area contributed by atoms with Gasteiger partial charge in [0.25, 0.3) is 0 Å². The van der Waals surface area contributed by atoms with E-state index < -0.39 is 5.60 Å². The van der Waals surface area contributed by atoms with E-state index in [-0.39, 0.29) is 6.09 Å². The molecule has 3 aliphatic rings. The normalized spacial score (nSPS) is 26.0. The summed E-state index contributed by atoms with van der Waals surface area (Å²) in [5.74, 6) is 0.893. The molecule has 0 unspecified atom stereocenters. The fourth-order valence-electron chi connectivity index (χ4n) is 4.63. The molecular formula is C20H37N3O2. The summed E-state index contributed by atoms with van der Waals surface area (Å²) in [6, 6.07) is 0. The Bertz CT molecular complexity index is 436. The van der Waals surface area contributed by atoms with Gasteiger partial charge in [0, 0.05) is 19.6 Å². The Morgan fingerprint density at radius 3 is 2.16 bits per heavy atom. The van der Waals surface area contributed by atoms with E-state index in [0.29, 0.717) is 5.41 Å². The summed E-state index contributed by atoms with van der Waals surface area (Å²) >= 11 is 0. The monoisotopic (exact) mass is 351 g/mol. The molecule has 25 heavy (non-hydrogen) atoms. The second-order valence-electron chi connectivity index (χ2n) is 9.46. The van der Waals surface area contributed by atoms with Crippen molar-refractivity contribution >= 4 is 6.09 Å². The number of hydrogen-bond donors (Lipinski definition) is 1. The van der Waals surface area contributed by atoms with E-state index in [4.69, 9.17) is 4.74 Å². The Balaban J connectivity index is 1.41. The molecule has 3 saturated heterocycles. The predicted octanol–water partition coefficient (Wildman–Crippen LogP) is 3.10. The van der Waals surface area contributed by atoms with Crippen LogP contribution in [0.2, 0.25) is 0 Å². The number of ether oxygens (including phenoxy) is 1. The lowest BCUT2D eigenvalue weighted by Crippen LogP contribution is -2.50. The van der Waals surface area contributed by atoms with Crippen LogP contribution in [-0.2, 0) is 4.74 Å². The molecule has 0 atom stereocenters. The minimum absolute atomic E-state index is 0.134. The first-order valence-electron chi connectivity index (χ1n) is 10.3. The van der Waals surface area contributed by atoms with Crippen molar-refractivity contribution in [2.45, 2.75) is 64.9 Å². The van der Waals surface area contributed by atoms with Gasteiger partial charge in [0.2, 0.25) is 0 Å². The highest BCUT2D eigenvalue weighted by Crippen LogP contribution is 2.41. The second kappa shape index (κ2) is 7.83. The molecule has 1 amide bonds. The average Bonchev–Trinajstić information content (AvgIpc) is 2.57. The summed E-state index contributed by atoms with van der Waals surface area (Å²) < 4.78 is 5.53. The van der Waals surface area contributed by atoms with Crippen LogP contribution in [0.5, 0.6) is 0 Å².